The van der Waals surface area contributed by atoms with Crippen molar-refractivity contribution in [2.45, 2.75) is 12.5 Å². The molecular weight excluding hydrogens is 222 g/mol. The van der Waals surface area contributed by atoms with Crippen LogP contribution in [0.2, 0.25) is 0 Å². The summed E-state index contributed by atoms with van der Waals surface area (Å²) in [7, 11) is 0. The van der Waals surface area contributed by atoms with Gasteiger partial charge in [-0.3, -0.25) is 20.2 Å². The van der Waals surface area contributed by atoms with Crippen LogP contribution in [0.25, 0.3) is 0 Å². The highest BCUT2D eigenvalue weighted by molar-refractivity contribution is 5.89. The van der Waals surface area contributed by atoms with E-state index in [0.717, 1.165) is 0 Å². The van der Waals surface area contributed by atoms with Gasteiger partial charge < -0.3 is 26.6 Å². The van der Waals surface area contributed by atoms with Gasteiger partial charge in [0.2, 0.25) is 12.1 Å². The summed E-state index contributed by atoms with van der Waals surface area (Å²) in [6.07, 6.45) is -3.49. The Bertz CT molecular complexity index is 282. The standard InChI is InChI=1S/C6H13N5O5/c7-3(13)4(14)10-2(12)1-9-5(15)6(16)11-8/h4,6,11,14,16H,1,8H2,(H2,7,13)(H,9,15)(H,10,12). The molecule has 16 heavy (non-hydrogen) atoms. The Morgan fingerprint density at radius 2 is 1.75 bits per heavy atom. The van der Waals surface area contributed by atoms with Crippen molar-refractivity contribution in [1.82, 2.24) is 16.1 Å². The molecule has 3 amide bonds. The average Bonchev–Trinajstić information content (AvgIpc) is 2.24. The van der Waals surface area contributed by atoms with Gasteiger partial charge in [-0.25, -0.2) is 5.43 Å². The first-order valence-electron chi connectivity index (χ1n) is 4.07. The summed E-state index contributed by atoms with van der Waals surface area (Å²) in [5.74, 6) is 1.81. The van der Waals surface area contributed by atoms with Gasteiger partial charge in [-0.1, -0.05) is 0 Å². The van der Waals surface area contributed by atoms with E-state index in [4.69, 9.17) is 16.1 Å². The molecule has 0 aliphatic rings. The van der Waals surface area contributed by atoms with Gasteiger partial charge in [0.15, 0.2) is 6.23 Å². The van der Waals surface area contributed by atoms with Crippen LogP contribution in [-0.4, -0.2) is 46.9 Å². The molecule has 2 atom stereocenters. The number of amides is 3. The van der Waals surface area contributed by atoms with E-state index in [2.05, 4.69) is 5.73 Å². The summed E-state index contributed by atoms with van der Waals surface area (Å²) in [4.78, 5) is 32.1. The second-order valence-corrected chi connectivity index (χ2v) is 2.66. The minimum absolute atomic E-state index is 0.554. The Morgan fingerprint density at radius 1 is 1.19 bits per heavy atom. The molecule has 9 N–H and O–H groups in total. The molecular formula is C6H13N5O5. The van der Waals surface area contributed by atoms with E-state index in [1.165, 1.54) is 0 Å². The number of hydrogen-bond donors (Lipinski definition) is 7. The van der Waals surface area contributed by atoms with Gasteiger partial charge in [-0.05, 0) is 0 Å². The van der Waals surface area contributed by atoms with Crippen molar-refractivity contribution in [2.24, 2.45) is 11.6 Å². The number of hydrogen-bond acceptors (Lipinski definition) is 7. The molecule has 0 spiro atoms. The zero-order chi connectivity index (χ0) is 12.7. The van der Waals surface area contributed by atoms with E-state index in [-0.39, 0.29) is 0 Å². The molecule has 0 aromatic carbocycles. The van der Waals surface area contributed by atoms with Crippen LogP contribution in [0.5, 0.6) is 0 Å². The fourth-order valence-electron chi connectivity index (χ4n) is 0.614. The lowest BCUT2D eigenvalue weighted by molar-refractivity contribution is -0.136. The van der Waals surface area contributed by atoms with Crippen LogP contribution in [0.15, 0.2) is 0 Å². The molecule has 0 radical (unpaired) electrons. The summed E-state index contributed by atoms with van der Waals surface area (Å²) >= 11 is 0. The number of primary amides is 1. The molecule has 10 heteroatoms. The van der Waals surface area contributed by atoms with Crippen LogP contribution in [0.3, 0.4) is 0 Å². The number of hydrazine groups is 1. The van der Waals surface area contributed by atoms with Crippen LogP contribution in [0.1, 0.15) is 0 Å². The van der Waals surface area contributed by atoms with Crippen LogP contribution >= 0.6 is 0 Å². The second kappa shape index (κ2) is 6.68. The smallest absolute Gasteiger partial charge is 0.267 e. The highest BCUT2D eigenvalue weighted by atomic mass is 16.3. The Balaban J connectivity index is 3.90. The minimum atomic E-state index is -1.83. The Kier molecular flexibility index (Phi) is 5.95. The maximum absolute atomic E-state index is 10.9. The molecule has 0 fully saturated rings. The molecule has 0 aromatic rings. The van der Waals surface area contributed by atoms with E-state index in [1.807, 2.05) is 5.32 Å². The van der Waals surface area contributed by atoms with Crippen LogP contribution in [0.4, 0.5) is 0 Å². The van der Waals surface area contributed by atoms with E-state index < -0.39 is 36.7 Å². The third-order valence-corrected chi connectivity index (χ3v) is 1.40. The molecule has 0 heterocycles. The fourth-order valence-corrected chi connectivity index (χ4v) is 0.614. The number of aliphatic hydroxyl groups is 2. The number of aliphatic hydroxyl groups excluding tert-OH is 2. The number of rotatable bonds is 6. The van der Waals surface area contributed by atoms with Gasteiger partial charge in [0.25, 0.3) is 11.8 Å². The van der Waals surface area contributed by atoms with E-state index >= 15 is 0 Å². The minimum Gasteiger partial charge on any atom is -0.369 e. The second-order valence-electron chi connectivity index (χ2n) is 2.66. The third kappa shape index (κ3) is 5.21. The Morgan fingerprint density at radius 3 is 2.19 bits per heavy atom. The van der Waals surface area contributed by atoms with E-state index in [1.54, 1.807) is 10.7 Å². The highest BCUT2D eigenvalue weighted by Crippen LogP contribution is 1.77. The molecule has 0 aliphatic carbocycles. The van der Waals surface area contributed by atoms with Gasteiger partial charge in [-0.15, -0.1) is 0 Å². The van der Waals surface area contributed by atoms with Gasteiger partial charge >= 0.3 is 0 Å². The number of carbonyl (C=O) groups excluding carboxylic acids is 3. The van der Waals surface area contributed by atoms with Crippen molar-refractivity contribution >= 4 is 17.7 Å². The molecule has 0 bridgehead atoms. The average molecular weight is 235 g/mol. The summed E-state index contributed by atoms with van der Waals surface area (Å²) in [6.45, 7) is -0.554. The van der Waals surface area contributed by atoms with Crippen molar-refractivity contribution < 1.29 is 24.6 Å². The van der Waals surface area contributed by atoms with E-state index in [0.29, 0.717) is 0 Å². The zero-order valence-electron chi connectivity index (χ0n) is 8.14. The topological polar surface area (TPSA) is 180 Å². The number of carbonyl (C=O) groups is 3. The SMILES string of the molecule is NNC(O)C(=O)NCC(=O)NC(O)C(N)=O. The maximum atomic E-state index is 10.9. The normalized spacial score (nSPS) is 13.7. The molecule has 0 aromatic heterocycles. The lowest BCUT2D eigenvalue weighted by atomic mass is 10.4. The maximum Gasteiger partial charge on any atom is 0.267 e. The molecule has 92 valence electrons. The first-order chi connectivity index (χ1) is 7.38. The van der Waals surface area contributed by atoms with Crippen molar-refractivity contribution in [3.05, 3.63) is 0 Å². The lowest BCUT2D eigenvalue weighted by Gasteiger charge is -2.11. The monoisotopic (exact) mass is 235 g/mol. The van der Waals surface area contributed by atoms with Crippen molar-refractivity contribution in [1.29, 1.82) is 0 Å². The lowest BCUT2D eigenvalue weighted by Crippen LogP contribution is -2.51. The largest absolute Gasteiger partial charge is 0.369 e. The summed E-state index contributed by atoms with van der Waals surface area (Å²) < 4.78 is 0. The highest BCUT2D eigenvalue weighted by Gasteiger charge is 2.16. The predicted molar refractivity (Wildman–Crippen MR) is 49.7 cm³/mol. The van der Waals surface area contributed by atoms with Gasteiger partial charge in [0.1, 0.15) is 0 Å². The van der Waals surface area contributed by atoms with Crippen molar-refractivity contribution in [2.75, 3.05) is 6.54 Å². The molecule has 10 nitrogen and oxygen atoms in total. The quantitative estimate of drug-likeness (QED) is 0.136. The first kappa shape index (κ1) is 14.2. The molecule has 0 saturated heterocycles. The number of nitrogens with two attached hydrogens (primary N) is 2. The fraction of sp³-hybridized carbons (Fsp3) is 0.500. The van der Waals surface area contributed by atoms with Gasteiger partial charge in [0.05, 0.1) is 6.54 Å². The molecule has 0 saturated carbocycles. The number of nitrogens with one attached hydrogen (secondary N) is 3. The summed E-state index contributed by atoms with van der Waals surface area (Å²) in [5, 5.41) is 21.4. The van der Waals surface area contributed by atoms with Crippen molar-refractivity contribution in [3.8, 4) is 0 Å². The molecule has 2 unspecified atom stereocenters. The first-order valence-corrected chi connectivity index (χ1v) is 4.07. The third-order valence-electron chi connectivity index (χ3n) is 1.40. The Labute approximate surface area is 89.9 Å². The summed E-state index contributed by atoms with van der Waals surface area (Å²) in [6, 6.07) is 0. The zero-order valence-corrected chi connectivity index (χ0v) is 8.14. The van der Waals surface area contributed by atoms with Crippen LogP contribution < -0.4 is 27.6 Å². The van der Waals surface area contributed by atoms with Crippen molar-refractivity contribution in [3.63, 3.8) is 0 Å². The Hall–Kier alpha value is -1.75. The molecule has 0 aliphatic heterocycles. The van der Waals surface area contributed by atoms with Crippen LogP contribution in [-0.2, 0) is 14.4 Å². The molecule has 0 rings (SSSR count). The summed E-state index contributed by atoms with van der Waals surface area (Å²) in [5.41, 5.74) is 6.39. The van der Waals surface area contributed by atoms with Crippen LogP contribution in [0, 0.1) is 0 Å². The van der Waals surface area contributed by atoms with Gasteiger partial charge in [0, 0.05) is 0 Å². The van der Waals surface area contributed by atoms with Gasteiger partial charge in [-0.2, -0.15) is 0 Å². The van der Waals surface area contributed by atoms with E-state index in [9.17, 15) is 14.4 Å². The predicted octanol–water partition coefficient (Wildman–Crippen LogP) is -5.20.